The quantitative estimate of drug-likeness (QED) is 0.860. The van der Waals surface area contributed by atoms with Crippen molar-refractivity contribution in [2.75, 3.05) is 0 Å². The van der Waals surface area contributed by atoms with E-state index in [9.17, 15) is 4.79 Å². The molecule has 0 spiro atoms. The maximum absolute atomic E-state index is 11.9. The van der Waals surface area contributed by atoms with Gasteiger partial charge in [-0.05, 0) is 51.2 Å². The van der Waals surface area contributed by atoms with E-state index in [2.05, 4.69) is 10.3 Å². The summed E-state index contributed by atoms with van der Waals surface area (Å²) in [5, 5.41) is 3.38. The van der Waals surface area contributed by atoms with E-state index in [-0.39, 0.29) is 12.1 Å². The van der Waals surface area contributed by atoms with Gasteiger partial charge in [0.05, 0.1) is 6.04 Å². The van der Waals surface area contributed by atoms with Crippen molar-refractivity contribution in [1.29, 1.82) is 0 Å². The average molecular weight is 283 g/mol. The van der Waals surface area contributed by atoms with Gasteiger partial charge in [-0.15, -0.1) is 0 Å². The molecule has 0 saturated heterocycles. The zero-order valence-corrected chi connectivity index (χ0v) is 12.2. The van der Waals surface area contributed by atoms with Crippen molar-refractivity contribution >= 4 is 17.7 Å². The minimum atomic E-state index is -0.490. The van der Waals surface area contributed by atoms with Crippen LogP contribution in [0.15, 0.2) is 18.3 Å². The van der Waals surface area contributed by atoms with E-state index in [1.807, 2.05) is 26.8 Å². The molecule has 0 aromatic carbocycles. The summed E-state index contributed by atoms with van der Waals surface area (Å²) in [5.41, 5.74) is 0.480. The summed E-state index contributed by atoms with van der Waals surface area (Å²) in [6.07, 6.45) is 3.55. The Kier molecular flexibility index (Phi) is 3.99. The lowest BCUT2D eigenvalue weighted by atomic mass is 10.1. The average Bonchev–Trinajstić information content (AvgIpc) is 3.08. The highest BCUT2D eigenvalue weighted by Gasteiger charge is 2.34. The number of carbonyl (C=O) groups excluding carboxylic acids is 1. The summed E-state index contributed by atoms with van der Waals surface area (Å²) < 4.78 is 5.29. The van der Waals surface area contributed by atoms with Crippen molar-refractivity contribution in [2.24, 2.45) is 5.92 Å². The van der Waals surface area contributed by atoms with Crippen LogP contribution in [0.1, 0.15) is 45.2 Å². The van der Waals surface area contributed by atoms with Gasteiger partial charge in [-0.2, -0.15) is 0 Å². The molecule has 1 heterocycles. The van der Waals surface area contributed by atoms with Gasteiger partial charge in [0.1, 0.15) is 10.8 Å². The summed E-state index contributed by atoms with van der Waals surface area (Å²) in [4.78, 5) is 15.9. The Morgan fingerprint density at radius 1 is 1.47 bits per heavy atom. The Bertz CT molecular complexity index is 450. The number of alkyl carbamates (subject to hydrolysis) is 1. The Morgan fingerprint density at radius 2 is 2.16 bits per heavy atom. The van der Waals surface area contributed by atoms with Gasteiger partial charge in [0, 0.05) is 6.20 Å². The van der Waals surface area contributed by atoms with Crippen molar-refractivity contribution in [3.8, 4) is 0 Å². The second-order valence-corrected chi connectivity index (χ2v) is 6.26. The molecule has 2 rings (SSSR count). The third-order valence-electron chi connectivity index (χ3n) is 2.88. The molecular formula is C14H19ClN2O2. The van der Waals surface area contributed by atoms with E-state index in [4.69, 9.17) is 16.3 Å². The van der Waals surface area contributed by atoms with Crippen molar-refractivity contribution < 1.29 is 9.53 Å². The number of nitrogens with zero attached hydrogens (tertiary/aromatic N) is 1. The van der Waals surface area contributed by atoms with E-state index >= 15 is 0 Å². The number of aromatic nitrogens is 1. The Labute approximate surface area is 118 Å². The lowest BCUT2D eigenvalue weighted by Gasteiger charge is -2.23. The van der Waals surface area contributed by atoms with Crippen LogP contribution in [0.5, 0.6) is 0 Å². The number of nitrogens with one attached hydrogen (secondary N) is 1. The molecule has 5 heteroatoms. The molecule has 1 amide bonds. The minimum absolute atomic E-state index is 0.0420. The number of hydrogen-bond donors (Lipinski definition) is 1. The number of hydrogen-bond acceptors (Lipinski definition) is 3. The number of carbonyl (C=O) groups is 1. The fraction of sp³-hybridized carbons (Fsp3) is 0.571. The van der Waals surface area contributed by atoms with E-state index in [0.29, 0.717) is 11.1 Å². The molecule has 1 atom stereocenters. The SMILES string of the molecule is CC(C)(C)OC(=O)NC(c1ccc(Cl)nc1)C1CC1. The Balaban J connectivity index is 2.05. The second kappa shape index (κ2) is 5.37. The number of halogens is 1. The smallest absolute Gasteiger partial charge is 0.408 e. The van der Waals surface area contributed by atoms with Crippen LogP contribution in [0.4, 0.5) is 4.79 Å². The van der Waals surface area contributed by atoms with E-state index < -0.39 is 5.60 Å². The molecule has 1 unspecified atom stereocenters. The zero-order valence-electron chi connectivity index (χ0n) is 11.4. The molecule has 1 aliphatic carbocycles. The van der Waals surface area contributed by atoms with Crippen LogP contribution in [-0.2, 0) is 4.74 Å². The Morgan fingerprint density at radius 3 is 2.63 bits per heavy atom. The number of pyridine rings is 1. The van der Waals surface area contributed by atoms with Crippen LogP contribution in [0.2, 0.25) is 5.15 Å². The molecule has 1 N–H and O–H groups in total. The molecule has 4 nitrogen and oxygen atoms in total. The largest absolute Gasteiger partial charge is 0.444 e. The monoisotopic (exact) mass is 282 g/mol. The Hall–Kier alpha value is -1.29. The van der Waals surface area contributed by atoms with Crippen molar-refractivity contribution in [3.63, 3.8) is 0 Å². The number of rotatable bonds is 3. The van der Waals surface area contributed by atoms with Crippen LogP contribution < -0.4 is 5.32 Å². The first-order valence-corrected chi connectivity index (χ1v) is 6.84. The first kappa shape index (κ1) is 14.1. The predicted molar refractivity (Wildman–Crippen MR) is 74.1 cm³/mol. The summed E-state index contributed by atoms with van der Waals surface area (Å²) >= 11 is 5.78. The van der Waals surface area contributed by atoms with Crippen molar-refractivity contribution in [2.45, 2.75) is 45.3 Å². The highest BCUT2D eigenvalue weighted by Crippen LogP contribution is 2.41. The van der Waals surface area contributed by atoms with Crippen molar-refractivity contribution in [1.82, 2.24) is 10.3 Å². The molecule has 0 aliphatic heterocycles. The number of amides is 1. The van der Waals surface area contributed by atoms with Crippen LogP contribution in [0.3, 0.4) is 0 Å². The first-order valence-electron chi connectivity index (χ1n) is 6.46. The van der Waals surface area contributed by atoms with E-state index in [1.165, 1.54) is 0 Å². The van der Waals surface area contributed by atoms with Gasteiger partial charge in [0.2, 0.25) is 0 Å². The maximum atomic E-state index is 11.9. The molecular weight excluding hydrogens is 264 g/mol. The van der Waals surface area contributed by atoms with Gasteiger partial charge >= 0.3 is 6.09 Å². The molecule has 0 radical (unpaired) electrons. The van der Waals surface area contributed by atoms with Crippen LogP contribution in [-0.4, -0.2) is 16.7 Å². The van der Waals surface area contributed by atoms with E-state index in [1.54, 1.807) is 12.3 Å². The van der Waals surface area contributed by atoms with Gasteiger partial charge in [-0.1, -0.05) is 17.7 Å². The van der Waals surface area contributed by atoms with Gasteiger partial charge in [0.25, 0.3) is 0 Å². The molecule has 1 fully saturated rings. The fourth-order valence-electron chi connectivity index (χ4n) is 1.91. The minimum Gasteiger partial charge on any atom is -0.444 e. The summed E-state index contributed by atoms with van der Waals surface area (Å²) in [5.74, 6) is 0.468. The van der Waals surface area contributed by atoms with Crippen LogP contribution in [0.25, 0.3) is 0 Å². The molecule has 104 valence electrons. The lowest BCUT2D eigenvalue weighted by Crippen LogP contribution is -2.35. The molecule has 1 aromatic rings. The summed E-state index contributed by atoms with van der Waals surface area (Å²) in [6, 6.07) is 3.60. The third-order valence-corrected chi connectivity index (χ3v) is 3.10. The topological polar surface area (TPSA) is 51.2 Å². The van der Waals surface area contributed by atoms with Crippen LogP contribution >= 0.6 is 11.6 Å². The van der Waals surface area contributed by atoms with Gasteiger partial charge in [-0.3, -0.25) is 0 Å². The van der Waals surface area contributed by atoms with Gasteiger partial charge in [0.15, 0.2) is 0 Å². The summed E-state index contributed by atoms with van der Waals surface area (Å²) in [7, 11) is 0. The molecule has 1 saturated carbocycles. The molecule has 1 aromatic heterocycles. The van der Waals surface area contributed by atoms with Gasteiger partial charge in [-0.25, -0.2) is 9.78 Å². The standard InChI is InChI=1S/C14H19ClN2O2/c1-14(2,3)19-13(18)17-12(9-4-5-9)10-6-7-11(15)16-8-10/h6-9,12H,4-5H2,1-3H3,(H,17,18). The zero-order chi connectivity index (χ0) is 14.0. The molecule has 19 heavy (non-hydrogen) atoms. The predicted octanol–water partition coefficient (Wildman–Crippen LogP) is 3.71. The second-order valence-electron chi connectivity index (χ2n) is 5.88. The third kappa shape index (κ3) is 4.39. The normalized spacial score (nSPS) is 16.8. The molecule has 1 aliphatic rings. The molecule has 0 bridgehead atoms. The van der Waals surface area contributed by atoms with Gasteiger partial charge < -0.3 is 10.1 Å². The highest BCUT2D eigenvalue weighted by molar-refractivity contribution is 6.29. The summed E-state index contributed by atoms with van der Waals surface area (Å²) in [6.45, 7) is 5.55. The van der Waals surface area contributed by atoms with Crippen LogP contribution in [0, 0.1) is 5.92 Å². The maximum Gasteiger partial charge on any atom is 0.408 e. The van der Waals surface area contributed by atoms with Crippen molar-refractivity contribution in [3.05, 3.63) is 29.0 Å². The lowest BCUT2D eigenvalue weighted by molar-refractivity contribution is 0.0497. The highest BCUT2D eigenvalue weighted by atomic mass is 35.5. The first-order chi connectivity index (χ1) is 8.85. The number of ether oxygens (including phenoxy) is 1. The fourth-order valence-corrected chi connectivity index (χ4v) is 2.02. The van der Waals surface area contributed by atoms with E-state index in [0.717, 1.165) is 18.4 Å².